The van der Waals surface area contributed by atoms with Crippen molar-refractivity contribution in [3.8, 4) is 5.75 Å². The molecule has 1 aliphatic carbocycles. The van der Waals surface area contributed by atoms with Gasteiger partial charge >= 0.3 is 0 Å². The van der Waals surface area contributed by atoms with Gasteiger partial charge in [0.15, 0.2) is 0 Å². The van der Waals surface area contributed by atoms with E-state index in [1.807, 2.05) is 18.2 Å². The highest BCUT2D eigenvalue weighted by atomic mass is 28.4. The van der Waals surface area contributed by atoms with Gasteiger partial charge in [0.05, 0.1) is 7.11 Å². The molecule has 1 aromatic carbocycles. The molecule has 0 unspecified atom stereocenters. The number of benzene rings is 1. The zero-order valence-corrected chi connectivity index (χ0v) is 15.3. The molecule has 2 nitrogen and oxygen atoms in total. The Labute approximate surface area is 136 Å². The van der Waals surface area contributed by atoms with E-state index >= 15 is 0 Å². The molecule has 1 fully saturated rings. The molecule has 3 heteroatoms. The Morgan fingerprint density at radius 2 is 1.95 bits per heavy atom. The first-order valence-electron chi connectivity index (χ1n) is 8.48. The summed E-state index contributed by atoms with van der Waals surface area (Å²) in [7, 11) is -0.131. The van der Waals surface area contributed by atoms with E-state index in [4.69, 9.17) is 9.16 Å². The molecule has 122 valence electrons. The lowest BCUT2D eigenvalue weighted by molar-refractivity contribution is 0.116. The summed E-state index contributed by atoms with van der Waals surface area (Å²) in [5.74, 6) is 1.73. The van der Waals surface area contributed by atoms with Crippen LogP contribution in [0, 0.1) is 5.92 Å². The molecular weight excluding hydrogens is 288 g/mol. The predicted octanol–water partition coefficient (Wildman–Crippen LogP) is 4.65. The maximum atomic E-state index is 6.62. The van der Waals surface area contributed by atoms with Crippen molar-refractivity contribution < 1.29 is 9.16 Å². The quantitative estimate of drug-likeness (QED) is 0.538. The average molecular weight is 319 g/mol. The van der Waals surface area contributed by atoms with E-state index in [2.05, 4.69) is 31.8 Å². The number of hydrogen-bond donors (Lipinski definition) is 0. The Bertz CT molecular complexity index is 467. The van der Waals surface area contributed by atoms with Crippen LogP contribution in [-0.2, 0) is 4.43 Å². The fourth-order valence-electron chi connectivity index (χ4n) is 3.44. The van der Waals surface area contributed by atoms with Gasteiger partial charge in [-0.2, -0.15) is 0 Å². The maximum Gasteiger partial charge on any atom is 0.218 e. The summed E-state index contributed by atoms with van der Waals surface area (Å²) in [6, 6.07) is 8.43. The molecule has 0 aromatic heterocycles. The van der Waals surface area contributed by atoms with Crippen LogP contribution in [0.1, 0.15) is 38.5 Å². The average Bonchev–Trinajstić information content (AvgIpc) is 2.53. The van der Waals surface area contributed by atoms with Gasteiger partial charge in [0.2, 0.25) is 8.32 Å². The number of hydrogen-bond acceptors (Lipinski definition) is 2. The third-order valence-electron chi connectivity index (χ3n) is 4.76. The molecule has 22 heavy (non-hydrogen) atoms. The molecule has 2 rings (SSSR count). The lowest BCUT2D eigenvalue weighted by atomic mass is 9.84. The number of ether oxygens (including phenoxy) is 1. The minimum atomic E-state index is -1.84. The minimum absolute atomic E-state index is 0.437. The Morgan fingerprint density at radius 3 is 2.59 bits per heavy atom. The molecule has 1 saturated carbocycles. The van der Waals surface area contributed by atoms with Crippen LogP contribution in [0.5, 0.6) is 5.75 Å². The SMILES string of the molecule is C=CCC[C@H]1CCC[C@@H](O[Si](C)(C)c2ccc(OC)cc2)C1. The van der Waals surface area contributed by atoms with Crippen LogP contribution in [0.15, 0.2) is 36.9 Å². The van der Waals surface area contributed by atoms with E-state index in [1.54, 1.807) is 7.11 Å². The lowest BCUT2D eigenvalue weighted by Gasteiger charge is -2.35. The van der Waals surface area contributed by atoms with E-state index < -0.39 is 8.32 Å². The van der Waals surface area contributed by atoms with Gasteiger partial charge in [-0.3, -0.25) is 0 Å². The molecule has 0 heterocycles. The first-order valence-corrected chi connectivity index (χ1v) is 11.4. The smallest absolute Gasteiger partial charge is 0.218 e. The Hall–Kier alpha value is -1.06. The fraction of sp³-hybridized carbons (Fsp3) is 0.579. The van der Waals surface area contributed by atoms with Crippen LogP contribution in [0.2, 0.25) is 13.1 Å². The molecule has 1 aromatic rings. The maximum absolute atomic E-state index is 6.62. The second kappa shape index (κ2) is 7.98. The van der Waals surface area contributed by atoms with E-state index in [1.165, 1.54) is 37.3 Å². The zero-order chi connectivity index (χ0) is 16.0. The second-order valence-electron chi connectivity index (χ2n) is 6.88. The molecular formula is C19H30O2Si. The highest BCUT2D eigenvalue weighted by Crippen LogP contribution is 2.31. The highest BCUT2D eigenvalue weighted by Gasteiger charge is 2.31. The van der Waals surface area contributed by atoms with Crippen molar-refractivity contribution in [2.45, 2.75) is 57.7 Å². The monoisotopic (exact) mass is 318 g/mol. The lowest BCUT2D eigenvalue weighted by Crippen LogP contribution is -2.48. The molecule has 0 bridgehead atoms. The number of allylic oxidation sites excluding steroid dienone is 1. The molecule has 0 saturated heterocycles. The van der Waals surface area contributed by atoms with E-state index in [9.17, 15) is 0 Å². The first kappa shape index (κ1) is 17.3. The van der Waals surface area contributed by atoms with Crippen molar-refractivity contribution in [3.63, 3.8) is 0 Å². The summed E-state index contributed by atoms with van der Waals surface area (Å²) in [6.45, 7) is 8.46. The van der Waals surface area contributed by atoms with Crippen LogP contribution in [0.25, 0.3) is 0 Å². The minimum Gasteiger partial charge on any atom is -0.497 e. The standard InChI is InChI=1S/C19H30O2Si/c1-5-6-8-16-9-7-10-18(15-16)21-22(3,4)19-13-11-17(20-2)12-14-19/h5,11-14,16,18H,1,6-10,15H2,2-4H3/t16-,18+/m0/s1. The van der Waals surface area contributed by atoms with E-state index in [0.717, 1.165) is 18.1 Å². The van der Waals surface area contributed by atoms with Crippen molar-refractivity contribution in [2.24, 2.45) is 5.92 Å². The summed E-state index contributed by atoms with van der Waals surface area (Å²) < 4.78 is 11.9. The van der Waals surface area contributed by atoms with Gasteiger partial charge < -0.3 is 9.16 Å². The summed E-state index contributed by atoms with van der Waals surface area (Å²) in [4.78, 5) is 0. The molecule has 1 aliphatic rings. The second-order valence-corrected chi connectivity index (χ2v) is 10.7. The normalized spacial score (nSPS) is 22.3. The van der Waals surface area contributed by atoms with Crippen LogP contribution >= 0.6 is 0 Å². The largest absolute Gasteiger partial charge is 0.497 e. The zero-order valence-electron chi connectivity index (χ0n) is 14.3. The van der Waals surface area contributed by atoms with Crippen LogP contribution in [-0.4, -0.2) is 21.5 Å². The topological polar surface area (TPSA) is 18.5 Å². The molecule has 0 spiro atoms. The Balaban J connectivity index is 1.96. The molecule has 2 atom stereocenters. The van der Waals surface area contributed by atoms with Gasteiger partial charge in [0, 0.05) is 6.10 Å². The van der Waals surface area contributed by atoms with Gasteiger partial charge in [-0.05, 0) is 62.0 Å². The number of rotatable bonds is 7. The summed E-state index contributed by atoms with van der Waals surface area (Å²) in [5.41, 5.74) is 0. The van der Waals surface area contributed by atoms with Gasteiger partial charge in [0.1, 0.15) is 5.75 Å². The summed E-state index contributed by atoms with van der Waals surface area (Å²) in [6.07, 6.45) is 9.99. The number of methoxy groups -OCH3 is 1. The predicted molar refractivity (Wildman–Crippen MR) is 96.4 cm³/mol. The summed E-state index contributed by atoms with van der Waals surface area (Å²) >= 11 is 0. The van der Waals surface area contributed by atoms with Gasteiger partial charge in [-0.1, -0.05) is 31.1 Å². The van der Waals surface area contributed by atoms with Gasteiger partial charge in [-0.25, -0.2) is 0 Å². The first-order chi connectivity index (χ1) is 10.5. The van der Waals surface area contributed by atoms with Crippen molar-refractivity contribution in [3.05, 3.63) is 36.9 Å². The molecule has 0 aliphatic heterocycles. The van der Waals surface area contributed by atoms with Crippen molar-refractivity contribution in [1.29, 1.82) is 0 Å². The van der Waals surface area contributed by atoms with E-state index in [-0.39, 0.29) is 0 Å². The fourth-order valence-corrected chi connectivity index (χ4v) is 5.59. The van der Waals surface area contributed by atoms with Gasteiger partial charge in [0.25, 0.3) is 0 Å². The molecule has 0 radical (unpaired) electrons. The highest BCUT2D eigenvalue weighted by molar-refractivity contribution is 6.84. The molecule has 0 amide bonds. The summed E-state index contributed by atoms with van der Waals surface area (Å²) in [5, 5.41) is 1.35. The third kappa shape index (κ3) is 4.72. The van der Waals surface area contributed by atoms with E-state index in [0.29, 0.717) is 6.10 Å². The van der Waals surface area contributed by atoms with Crippen LogP contribution in [0.3, 0.4) is 0 Å². The third-order valence-corrected chi connectivity index (χ3v) is 7.41. The molecule has 0 N–H and O–H groups in total. The van der Waals surface area contributed by atoms with Crippen molar-refractivity contribution in [2.75, 3.05) is 7.11 Å². The van der Waals surface area contributed by atoms with Gasteiger partial charge in [-0.15, -0.1) is 6.58 Å². The van der Waals surface area contributed by atoms with Crippen LogP contribution < -0.4 is 9.92 Å². The van der Waals surface area contributed by atoms with Crippen LogP contribution in [0.4, 0.5) is 0 Å². The van der Waals surface area contributed by atoms with Crippen molar-refractivity contribution in [1.82, 2.24) is 0 Å². The Morgan fingerprint density at radius 1 is 1.23 bits per heavy atom. The Kier molecular flexibility index (Phi) is 6.27. The van der Waals surface area contributed by atoms with Crippen molar-refractivity contribution >= 4 is 13.5 Å².